The van der Waals surface area contributed by atoms with Gasteiger partial charge in [0, 0.05) is 13.2 Å². The van der Waals surface area contributed by atoms with Gasteiger partial charge in [0.1, 0.15) is 0 Å². The van der Waals surface area contributed by atoms with Crippen LogP contribution in [0.4, 0.5) is 0 Å². The summed E-state index contributed by atoms with van der Waals surface area (Å²) >= 11 is 0. The molecule has 2 aliphatic rings. The van der Waals surface area contributed by atoms with Crippen LogP contribution >= 0.6 is 0 Å². The molecule has 0 aliphatic carbocycles. The van der Waals surface area contributed by atoms with Crippen LogP contribution in [0.3, 0.4) is 0 Å². The van der Waals surface area contributed by atoms with Crippen molar-refractivity contribution in [2.45, 2.75) is 57.1 Å². The van der Waals surface area contributed by atoms with Crippen LogP contribution in [0.2, 0.25) is 0 Å². The Morgan fingerprint density at radius 2 is 1.93 bits per heavy atom. The maximum absolute atomic E-state index is 12.5. The van der Waals surface area contributed by atoms with E-state index >= 15 is 0 Å². The van der Waals surface area contributed by atoms with Gasteiger partial charge in [-0.05, 0) is 62.9 Å². The number of rotatable bonds is 8. The number of ether oxygens (including phenoxy) is 3. The molecule has 3 rings (SSSR count). The van der Waals surface area contributed by atoms with Gasteiger partial charge < -0.3 is 19.5 Å². The Bertz CT molecular complexity index is 625. The lowest BCUT2D eigenvalue weighted by Crippen LogP contribution is -2.41. The molecule has 2 heterocycles. The molecule has 0 radical (unpaired) electrons. The van der Waals surface area contributed by atoms with Crippen LogP contribution in [-0.4, -0.2) is 57.4 Å². The predicted octanol–water partition coefficient (Wildman–Crippen LogP) is 3.31. The van der Waals surface area contributed by atoms with Gasteiger partial charge in [0.25, 0.3) is 0 Å². The van der Waals surface area contributed by atoms with Gasteiger partial charge in [0.2, 0.25) is 5.91 Å². The zero-order chi connectivity index (χ0) is 19.8. The summed E-state index contributed by atoms with van der Waals surface area (Å²) in [5.41, 5.74) is 1.15. The molecule has 1 aromatic carbocycles. The zero-order valence-electron chi connectivity index (χ0n) is 17.2. The molecular formula is C22H34N2O4. The van der Waals surface area contributed by atoms with E-state index in [-0.39, 0.29) is 18.1 Å². The Hall–Kier alpha value is -1.79. The number of nitrogens with zero attached hydrogens (tertiary/aromatic N) is 1. The summed E-state index contributed by atoms with van der Waals surface area (Å²) in [6.45, 7) is 3.49. The number of piperidine rings is 1. The van der Waals surface area contributed by atoms with Crippen molar-refractivity contribution in [1.29, 1.82) is 0 Å². The number of nitrogens with one attached hydrogen (secondary N) is 1. The number of hydrogen-bond donors (Lipinski definition) is 1. The molecule has 1 amide bonds. The van der Waals surface area contributed by atoms with Crippen LogP contribution in [0, 0.1) is 0 Å². The normalized spacial score (nSPS) is 21.7. The highest BCUT2D eigenvalue weighted by atomic mass is 16.5. The number of hydrogen-bond acceptors (Lipinski definition) is 5. The molecule has 2 atom stereocenters. The van der Waals surface area contributed by atoms with Crippen molar-refractivity contribution in [3.63, 3.8) is 0 Å². The SMILES string of the molecule is COc1ccc(C(CNC(=O)CC2CCCCO2)N2CCCCC2)cc1OC. The Labute approximate surface area is 168 Å². The standard InChI is InChI=1S/C22H34N2O4/c1-26-20-10-9-17(14-21(20)27-2)19(24-11-5-3-6-12-24)16-23-22(25)15-18-8-4-7-13-28-18/h9-10,14,18-19H,3-8,11-13,15-16H2,1-2H3,(H,23,25). The molecule has 0 spiro atoms. The van der Waals surface area contributed by atoms with Crippen LogP contribution < -0.4 is 14.8 Å². The Morgan fingerprint density at radius 1 is 1.14 bits per heavy atom. The van der Waals surface area contributed by atoms with Crippen molar-refractivity contribution in [2.75, 3.05) is 40.5 Å². The van der Waals surface area contributed by atoms with Gasteiger partial charge in [0.15, 0.2) is 11.5 Å². The molecule has 2 fully saturated rings. The third-order valence-electron chi connectivity index (χ3n) is 5.80. The Balaban J connectivity index is 1.67. The van der Waals surface area contributed by atoms with E-state index in [9.17, 15) is 4.79 Å². The van der Waals surface area contributed by atoms with Crippen LogP contribution in [0.1, 0.15) is 56.6 Å². The van der Waals surface area contributed by atoms with E-state index < -0.39 is 0 Å². The number of benzene rings is 1. The van der Waals surface area contributed by atoms with Crippen LogP contribution in [0.15, 0.2) is 18.2 Å². The second-order valence-corrected chi connectivity index (χ2v) is 7.72. The molecule has 6 nitrogen and oxygen atoms in total. The summed E-state index contributed by atoms with van der Waals surface area (Å²) in [5.74, 6) is 1.53. The summed E-state index contributed by atoms with van der Waals surface area (Å²) in [5, 5.41) is 3.16. The highest BCUT2D eigenvalue weighted by molar-refractivity contribution is 5.76. The fourth-order valence-corrected chi connectivity index (χ4v) is 4.21. The van der Waals surface area contributed by atoms with E-state index in [0.717, 1.165) is 56.0 Å². The lowest BCUT2D eigenvalue weighted by atomic mass is 10.0. The van der Waals surface area contributed by atoms with E-state index in [2.05, 4.69) is 16.3 Å². The first-order valence-corrected chi connectivity index (χ1v) is 10.6. The molecule has 1 N–H and O–H groups in total. The summed E-state index contributed by atoms with van der Waals surface area (Å²) in [4.78, 5) is 15.0. The quantitative estimate of drug-likeness (QED) is 0.738. The summed E-state index contributed by atoms with van der Waals surface area (Å²) < 4.78 is 16.6. The average Bonchev–Trinajstić information content (AvgIpc) is 2.75. The van der Waals surface area contributed by atoms with E-state index in [0.29, 0.717) is 13.0 Å². The Morgan fingerprint density at radius 3 is 2.61 bits per heavy atom. The first-order chi connectivity index (χ1) is 13.7. The maximum Gasteiger partial charge on any atom is 0.222 e. The van der Waals surface area contributed by atoms with Crippen LogP contribution in [-0.2, 0) is 9.53 Å². The fraction of sp³-hybridized carbons (Fsp3) is 0.682. The third kappa shape index (κ3) is 5.61. The van der Waals surface area contributed by atoms with Crippen molar-refractivity contribution in [3.05, 3.63) is 23.8 Å². The van der Waals surface area contributed by atoms with Gasteiger partial charge >= 0.3 is 0 Å². The molecule has 0 bridgehead atoms. The summed E-state index contributed by atoms with van der Waals surface area (Å²) in [6.07, 6.45) is 7.45. The second-order valence-electron chi connectivity index (χ2n) is 7.72. The molecule has 2 aliphatic heterocycles. The number of amides is 1. The predicted molar refractivity (Wildman–Crippen MR) is 109 cm³/mol. The first kappa shape index (κ1) is 20.9. The van der Waals surface area contributed by atoms with Gasteiger partial charge in [-0.25, -0.2) is 0 Å². The molecule has 0 saturated carbocycles. The number of carbonyl (C=O) groups is 1. The first-order valence-electron chi connectivity index (χ1n) is 10.6. The van der Waals surface area contributed by atoms with Crippen LogP contribution in [0.25, 0.3) is 0 Å². The smallest absolute Gasteiger partial charge is 0.222 e. The van der Waals surface area contributed by atoms with Crippen LogP contribution in [0.5, 0.6) is 11.5 Å². The largest absolute Gasteiger partial charge is 0.493 e. The van der Waals surface area contributed by atoms with Gasteiger partial charge in [-0.2, -0.15) is 0 Å². The molecule has 2 unspecified atom stereocenters. The average molecular weight is 391 g/mol. The van der Waals surface area contributed by atoms with E-state index in [1.165, 1.54) is 19.3 Å². The lowest BCUT2D eigenvalue weighted by Gasteiger charge is -2.35. The highest BCUT2D eigenvalue weighted by Crippen LogP contribution is 2.32. The van der Waals surface area contributed by atoms with Crippen molar-refractivity contribution in [2.24, 2.45) is 0 Å². The summed E-state index contributed by atoms with van der Waals surface area (Å²) in [7, 11) is 3.30. The topological polar surface area (TPSA) is 60.0 Å². The van der Waals surface area contributed by atoms with Crippen molar-refractivity contribution in [3.8, 4) is 11.5 Å². The second kappa shape index (κ2) is 10.7. The minimum atomic E-state index is 0.0725. The number of likely N-dealkylation sites (tertiary alicyclic amines) is 1. The summed E-state index contributed by atoms with van der Waals surface area (Å²) in [6, 6.07) is 6.20. The number of carbonyl (C=O) groups excluding carboxylic acids is 1. The zero-order valence-corrected chi connectivity index (χ0v) is 17.2. The highest BCUT2D eigenvalue weighted by Gasteiger charge is 2.25. The lowest BCUT2D eigenvalue weighted by molar-refractivity contribution is -0.125. The van der Waals surface area contributed by atoms with Gasteiger partial charge in [-0.3, -0.25) is 9.69 Å². The minimum Gasteiger partial charge on any atom is -0.493 e. The fourth-order valence-electron chi connectivity index (χ4n) is 4.21. The van der Waals surface area contributed by atoms with Crippen molar-refractivity contribution < 1.29 is 19.0 Å². The Kier molecular flexibility index (Phi) is 7.98. The molecule has 2 saturated heterocycles. The molecular weight excluding hydrogens is 356 g/mol. The van der Waals surface area contributed by atoms with Gasteiger partial charge in [-0.1, -0.05) is 12.5 Å². The molecule has 6 heteroatoms. The van der Waals surface area contributed by atoms with Crippen molar-refractivity contribution in [1.82, 2.24) is 10.2 Å². The van der Waals surface area contributed by atoms with E-state index in [1.54, 1.807) is 14.2 Å². The molecule has 156 valence electrons. The number of methoxy groups -OCH3 is 2. The van der Waals surface area contributed by atoms with Gasteiger partial charge in [-0.15, -0.1) is 0 Å². The minimum absolute atomic E-state index is 0.0725. The van der Waals surface area contributed by atoms with E-state index in [4.69, 9.17) is 14.2 Å². The van der Waals surface area contributed by atoms with Gasteiger partial charge in [0.05, 0.1) is 32.8 Å². The molecule has 0 aromatic heterocycles. The molecule has 28 heavy (non-hydrogen) atoms. The molecule has 1 aromatic rings. The monoisotopic (exact) mass is 390 g/mol. The van der Waals surface area contributed by atoms with Crippen molar-refractivity contribution >= 4 is 5.91 Å². The maximum atomic E-state index is 12.5. The third-order valence-corrected chi connectivity index (χ3v) is 5.80. The van der Waals surface area contributed by atoms with E-state index in [1.807, 2.05) is 12.1 Å².